The molecule has 0 aromatic heterocycles. The van der Waals surface area contributed by atoms with E-state index in [1.807, 2.05) is 0 Å². The molecule has 2 N–H and O–H groups in total. The molecule has 1 rings (SSSR count). The Balaban J connectivity index is 2.22. The molecule has 1 nitrogen and oxygen atoms in total. The predicted molar refractivity (Wildman–Crippen MR) is 55.3 cm³/mol. The molecular weight excluding hydrogens is 270 g/mol. The van der Waals surface area contributed by atoms with Crippen LogP contribution >= 0.6 is 47.9 Å². The number of hydrogen-bond acceptors (Lipinski definition) is 1. The summed E-state index contributed by atoms with van der Waals surface area (Å²) in [6.07, 6.45) is 1.40. The number of hydrogen-bond donors (Lipinski definition) is 1. The molecule has 1 aliphatic heterocycles. The largest absolute Gasteiger partial charge is 0.312 e. The van der Waals surface area contributed by atoms with E-state index < -0.39 is 0 Å². The summed E-state index contributed by atoms with van der Waals surface area (Å²) in [5.41, 5.74) is 5.53. The molecule has 0 bridgehead atoms. The van der Waals surface area contributed by atoms with E-state index in [0.717, 1.165) is 9.07 Å². The van der Waals surface area contributed by atoms with Crippen molar-refractivity contribution in [3.05, 3.63) is 0 Å². The number of halogens is 1. The molecule has 5 heteroatoms. The summed E-state index contributed by atoms with van der Waals surface area (Å²) >= 11 is 2.54. The average Bonchev–Trinajstić information content (AvgIpc) is 2.14. The minimum absolute atomic E-state index is 0.712. The van der Waals surface area contributed by atoms with Gasteiger partial charge in [-0.15, -0.1) is 0 Å². The first-order chi connectivity index (χ1) is 3.83. The van der Waals surface area contributed by atoms with Crippen molar-refractivity contribution in [3.63, 3.8) is 0 Å². The van der Waals surface area contributed by atoms with Gasteiger partial charge in [-0.1, -0.05) is 39.1 Å². The maximum Gasteiger partial charge on any atom is 0.0329 e. The molecule has 5 atom stereocenters. The van der Waals surface area contributed by atoms with Gasteiger partial charge in [0.15, 0.2) is 0 Å². The van der Waals surface area contributed by atoms with Gasteiger partial charge in [0.25, 0.3) is 0 Å². The Hall–Kier alpha value is 1.98. The Bertz CT molecular complexity index is 80.9. The minimum atomic E-state index is 0.712. The fourth-order valence-electron chi connectivity index (χ4n) is 0.626. The van der Waals surface area contributed by atoms with Crippen LogP contribution in [-0.2, 0) is 0 Å². The molecule has 5 unspecified atom stereocenters. The van der Waals surface area contributed by atoms with E-state index in [4.69, 9.17) is 5.50 Å². The highest BCUT2D eigenvalue weighted by atomic mass is 127. The molecule has 0 aromatic rings. The minimum Gasteiger partial charge on any atom is -0.312 e. The summed E-state index contributed by atoms with van der Waals surface area (Å²) in [6.45, 7) is 0. The molecule has 48 valence electrons. The van der Waals surface area contributed by atoms with Crippen molar-refractivity contribution in [1.82, 2.24) is 0 Å². The first-order valence-corrected chi connectivity index (χ1v) is 7.99. The highest BCUT2D eigenvalue weighted by Crippen LogP contribution is 2.60. The van der Waals surface area contributed by atoms with Crippen LogP contribution in [0.3, 0.4) is 0 Å². The lowest BCUT2D eigenvalue weighted by atomic mass is 10.6. The van der Waals surface area contributed by atoms with Crippen molar-refractivity contribution in [1.29, 1.82) is 0 Å². The van der Waals surface area contributed by atoms with Gasteiger partial charge in [0.05, 0.1) is 0 Å². The van der Waals surface area contributed by atoms with E-state index in [2.05, 4.69) is 22.6 Å². The maximum atomic E-state index is 5.53. The Morgan fingerprint density at radius 2 is 2.38 bits per heavy atom. The summed E-state index contributed by atoms with van der Waals surface area (Å²) < 4.78 is 0.965. The van der Waals surface area contributed by atoms with Gasteiger partial charge >= 0.3 is 0 Å². The van der Waals surface area contributed by atoms with Crippen molar-refractivity contribution in [2.75, 3.05) is 0 Å². The summed E-state index contributed by atoms with van der Waals surface area (Å²) in [6, 6.07) is 0. The molecule has 8 heavy (non-hydrogen) atoms. The summed E-state index contributed by atoms with van der Waals surface area (Å²) in [7, 11) is 3.11. The fraction of sp³-hybridized carbons (Fsp3) is 1.00. The fourth-order valence-corrected chi connectivity index (χ4v) is 9.33. The Morgan fingerprint density at radius 3 is 2.62 bits per heavy atom. The Morgan fingerprint density at radius 1 is 1.62 bits per heavy atom. The maximum absolute atomic E-state index is 5.53. The van der Waals surface area contributed by atoms with Crippen LogP contribution in [0.25, 0.3) is 0 Å². The smallest absolute Gasteiger partial charge is 0.0329 e. The third-order valence-electron chi connectivity index (χ3n) is 1.06. The van der Waals surface area contributed by atoms with Crippen molar-refractivity contribution < 1.29 is 0 Å². The summed E-state index contributed by atoms with van der Waals surface area (Å²) in [4.78, 5) is 0. The Labute approximate surface area is 68.8 Å². The van der Waals surface area contributed by atoms with E-state index >= 15 is 0 Å². The van der Waals surface area contributed by atoms with E-state index in [1.54, 1.807) is 0 Å². The highest BCUT2D eigenvalue weighted by Gasteiger charge is 2.20. The number of alkyl halides is 1. The summed E-state index contributed by atoms with van der Waals surface area (Å²) in [5.74, 6) is 0. The van der Waals surface area contributed by atoms with Gasteiger partial charge in [0, 0.05) is 9.07 Å². The molecule has 1 fully saturated rings. The Kier molecular flexibility index (Phi) is 4.02. The summed E-state index contributed by atoms with van der Waals surface area (Å²) in [5, 5.41) is 0.912. The SMILES string of the molecule is NPC1CC(I)PP1. The van der Waals surface area contributed by atoms with E-state index in [9.17, 15) is 0 Å². The van der Waals surface area contributed by atoms with Gasteiger partial charge in [-0.05, 0) is 15.2 Å². The van der Waals surface area contributed by atoms with Crippen LogP contribution in [0.5, 0.6) is 0 Å². The molecule has 0 saturated carbocycles. The standard InChI is InChI=1S/C3H9INP3/c4-2-1-3(6-5)8-7-2/h2-3,6-8H,1,5H2. The van der Waals surface area contributed by atoms with Gasteiger partial charge in [-0.25, -0.2) is 0 Å². The van der Waals surface area contributed by atoms with Crippen molar-refractivity contribution >= 4 is 47.9 Å². The van der Waals surface area contributed by atoms with Crippen LogP contribution in [0.1, 0.15) is 6.42 Å². The van der Waals surface area contributed by atoms with Gasteiger partial charge in [-0.2, -0.15) is 0 Å². The second-order valence-electron chi connectivity index (χ2n) is 1.71. The van der Waals surface area contributed by atoms with Crippen LogP contribution in [0.4, 0.5) is 0 Å². The van der Waals surface area contributed by atoms with Crippen molar-refractivity contribution in [3.8, 4) is 0 Å². The zero-order valence-corrected chi connectivity index (χ0v) is 9.47. The van der Waals surface area contributed by atoms with Gasteiger partial charge in [0.1, 0.15) is 0 Å². The van der Waals surface area contributed by atoms with Crippen molar-refractivity contribution in [2.24, 2.45) is 5.50 Å². The van der Waals surface area contributed by atoms with Crippen LogP contribution in [0.15, 0.2) is 0 Å². The second kappa shape index (κ2) is 3.98. The third-order valence-corrected chi connectivity index (χ3v) is 10.6. The van der Waals surface area contributed by atoms with Crippen LogP contribution in [0.2, 0.25) is 0 Å². The van der Waals surface area contributed by atoms with E-state index in [1.165, 1.54) is 23.0 Å². The lowest BCUT2D eigenvalue weighted by Gasteiger charge is -2.00. The number of rotatable bonds is 1. The van der Waals surface area contributed by atoms with E-state index in [-0.39, 0.29) is 0 Å². The third kappa shape index (κ3) is 2.31. The molecular formula is C3H9INP3. The first kappa shape index (κ1) is 8.08. The van der Waals surface area contributed by atoms with Gasteiger partial charge in [-0.3, -0.25) is 0 Å². The quantitative estimate of drug-likeness (QED) is 0.445. The zero-order valence-electron chi connectivity index (χ0n) is 4.32. The van der Waals surface area contributed by atoms with E-state index in [0.29, 0.717) is 8.73 Å². The molecule has 0 radical (unpaired) electrons. The lowest BCUT2D eigenvalue weighted by Crippen LogP contribution is -1.93. The van der Waals surface area contributed by atoms with Gasteiger partial charge in [0.2, 0.25) is 0 Å². The highest BCUT2D eigenvalue weighted by molar-refractivity contribution is 14.1. The first-order valence-electron chi connectivity index (χ1n) is 2.44. The molecule has 0 spiro atoms. The van der Waals surface area contributed by atoms with Crippen molar-refractivity contribution in [2.45, 2.75) is 15.5 Å². The molecule has 0 amide bonds. The molecule has 1 heterocycles. The zero-order chi connectivity index (χ0) is 5.98. The average molecular weight is 279 g/mol. The van der Waals surface area contributed by atoms with Crippen LogP contribution in [0, 0.1) is 0 Å². The lowest BCUT2D eigenvalue weighted by molar-refractivity contribution is 1.06. The topological polar surface area (TPSA) is 26.0 Å². The molecule has 0 aromatic carbocycles. The molecule has 0 aliphatic carbocycles. The molecule has 1 saturated heterocycles. The second-order valence-corrected chi connectivity index (χ2v) is 9.70. The predicted octanol–water partition coefficient (Wildman–Crippen LogP) is 2.30. The van der Waals surface area contributed by atoms with Crippen LogP contribution in [-0.4, -0.2) is 9.07 Å². The monoisotopic (exact) mass is 279 g/mol. The normalized spacial score (nSPS) is 45.8. The van der Waals surface area contributed by atoms with Gasteiger partial charge < -0.3 is 5.50 Å². The number of nitrogens with two attached hydrogens (primary N) is 1. The van der Waals surface area contributed by atoms with Crippen LogP contribution < -0.4 is 5.50 Å². The molecule has 1 aliphatic rings.